The van der Waals surface area contributed by atoms with Gasteiger partial charge >= 0.3 is 6.18 Å². The Balaban J connectivity index is 1.88. The first-order valence-electron chi connectivity index (χ1n) is 7.25. The molecule has 2 rings (SSSR count). The van der Waals surface area contributed by atoms with E-state index in [0.29, 0.717) is 12.5 Å². The van der Waals surface area contributed by atoms with Crippen LogP contribution < -0.4 is 10.6 Å². The zero-order chi connectivity index (χ0) is 17.7. The highest BCUT2D eigenvalue weighted by atomic mass is 32.1. The molecule has 0 aliphatic carbocycles. The maximum atomic E-state index is 12.9. The summed E-state index contributed by atoms with van der Waals surface area (Å²) in [5.74, 6) is 0.431. The van der Waals surface area contributed by atoms with Crippen LogP contribution in [0.5, 0.6) is 0 Å². The molecule has 0 radical (unpaired) electrons. The van der Waals surface area contributed by atoms with Crippen LogP contribution in [-0.2, 0) is 26.2 Å². The first-order valence-corrected chi connectivity index (χ1v) is 8.06. The van der Waals surface area contributed by atoms with Gasteiger partial charge in [0.1, 0.15) is 0 Å². The molecular weight excluding hydrogens is 341 g/mol. The number of nitrogens with zero attached hydrogens (tertiary/aromatic N) is 4. The van der Waals surface area contributed by atoms with Crippen LogP contribution in [0, 0.1) is 6.92 Å². The molecule has 0 fully saturated rings. The van der Waals surface area contributed by atoms with Gasteiger partial charge in [0.2, 0.25) is 0 Å². The van der Waals surface area contributed by atoms with E-state index in [1.54, 1.807) is 18.4 Å². The molecule has 0 unspecified atom stereocenters. The minimum absolute atomic E-state index is 0.0152. The largest absolute Gasteiger partial charge is 0.435 e. The number of guanidine groups is 1. The van der Waals surface area contributed by atoms with E-state index < -0.39 is 11.9 Å². The Morgan fingerprint density at radius 2 is 2.12 bits per heavy atom. The van der Waals surface area contributed by atoms with Gasteiger partial charge in [-0.05, 0) is 6.92 Å². The standard InChI is InChI=1S/C14H19F3N6S/c1-9-6-20-11(24-9)4-5-19-13(18-2)21-7-10-8-23(3)22-12(10)14(15,16)17/h6,8H,4-5,7H2,1-3H3,(H2,18,19,21). The lowest BCUT2D eigenvalue weighted by molar-refractivity contribution is -0.142. The minimum Gasteiger partial charge on any atom is -0.356 e. The smallest absolute Gasteiger partial charge is 0.356 e. The monoisotopic (exact) mass is 360 g/mol. The van der Waals surface area contributed by atoms with E-state index in [1.807, 2.05) is 13.1 Å². The fraction of sp³-hybridized carbons (Fsp3) is 0.500. The van der Waals surface area contributed by atoms with E-state index in [4.69, 9.17) is 0 Å². The lowest BCUT2D eigenvalue weighted by Gasteiger charge is -2.12. The highest BCUT2D eigenvalue weighted by molar-refractivity contribution is 7.11. The van der Waals surface area contributed by atoms with E-state index in [-0.39, 0.29) is 12.1 Å². The number of aromatic nitrogens is 3. The summed E-state index contributed by atoms with van der Waals surface area (Å²) in [6.45, 7) is 2.56. The topological polar surface area (TPSA) is 67.1 Å². The number of halogens is 3. The van der Waals surface area contributed by atoms with Gasteiger partial charge < -0.3 is 10.6 Å². The zero-order valence-corrected chi connectivity index (χ0v) is 14.4. The predicted molar refractivity (Wildman–Crippen MR) is 87.0 cm³/mol. The van der Waals surface area contributed by atoms with Crippen molar-refractivity contribution in [3.8, 4) is 0 Å². The van der Waals surface area contributed by atoms with Gasteiger partial charge in [-0.3, -0.25) is 9.67 Å². The van der Waals surface area contributed by atoms with Crippen molar-refractivity contribution in [3.63, 3.8) is 0 Å². The molecular formula is C14H19F3N6S. The highest BCUT2D eigenvalue weighted by Gasteiger charge is 2.36. The normalized spacial score (nSPS) is 12.5. The summed E-state index contributed by atoms with van der Waals surface area (Å²) < 4.78 is 39.9. The fourth-order valence-electron chi connectivity index (χ4n) is 2.11. The first-order chi connectivity index (χ1) is 11.3. The Morgan fingerprint density at radius 1 is 1.38 bits per heavy atom. The molecule has 2 heterocycles. The van der Waals surface area contributed by atoms with Crippen LogP contribution in [0.2, 0.25) is 0 Å². The van der Waals surface area contributed by atoms with Crippen molar-refractivity contribution >= 4 is 17.3 Å². The number of hydrogen-bond acceptors (Lipinski definition) is 4. The first kappa shape index (κ1) is 18.2. The third-order valence-electron chi connectivity index (χ3n) is 3.14. The second-order valence-corrected chi connectivity index (χ2v) is 6.46. The Morgan fingerprint density at radius 3 is 2.71 bits per heavy atom. The molecule has 0 aromatic carbocycles. The summed E-state index contributed by atoms with van der Waals surface area (Å²) in [5.41, 5.74) is -0.810. The van der Waals surface area contributed by atoms with Gasteiger partial charge in [-0.1, -0.05) is 0 Å². The van der Waals surface area contributed by atoms with Crippen LogP contribution in [0.25, 0.3) is 0 Å². The van der Waals surface area contributed by atoms with Gasteiger partial charge in [0, 0.05) is 56.4 Å². The van der Waals surface area contributed by atoms with Gasteiger partial charge in [0.15, 0.2) is 11.7 Å². The van der Waals surface area contributed by atoms with Crippen LogP contribution >= 0.6 is 11.3 Å². The molecule has 0 aliphatic rings. The molecule has 132 valence electrons. The van der Waals surface area contributed by atoms with Crippen LogP contribution in [0.3, 0.4) is 0 Å². The van der Waals surface area contributed by atoms with E-state index in [1.165, 1.54) is 13.2 Å². The summed E-state index contributed by atoms with van der Waals surface area (Å²) in [6, 6.07) is 0. The Kier molecular flexibility index (Phi) is 5.81. The summed E-state index contributed by atoms with van der Waals surface area (Å²) in [4.78, 5) is 9.41. The maximum Gasteiger partial charge on any atom is 0.435 e. The van der Waals surface area contributed by atoms with Crippen LogP contribution in [-0.4, -0.2) is 34.3 Å². The number of aryl methyl sites for hydroxylation is 2. The fourth-order valence-corrected chi connectivity index (χ4v) is 2.90. The van der Waals surface area contributed by atoms with E-state index >= 15 is 0 Å². The van der Waals surface area contributed by atoms with Crippen molar-refractivity contribution < 1.29 is 13.2 Å². The molecule has 0 atom stereocenters. The Labute approximate surface area is 141 Å². The minimum atomic E-state index is -4.47. The van der Waals surface area contributed by atoms with Crippen LogP contribution in [0.15, 0.2) is 17.4 Å². The molecule has 0 saturated heterocycles. The van der Waals surface area contributed by atoms with Crippen LogP contribution in [0.4, 0.5) is 13.2 Å². The average Bonchev–Trinajstić information content (AvgIpc) is 3.08. The van der Waals surface area contributed by atoms with Crippen LogP contribution in [0.1, 0.15) is 21.1 Å². The van der Waals surface area contributed by atoms with E-state index in [9.17, 15) is 13.2 Å². The summed E-state index contributed by atoms with van der Waals surface area (Å²) in [6.07, 6.45) is -0.590. The molecule has 24 heavy (non-hydrogen) atoms. The SMILES string of the molecule is CN=C(NCCc1ncc(C)s1)NCc1cn(C)nc1C(F)(F)F. The molecule has 0 aliphatic heterocycles. The zero-order valence-electron chi connectivity index (χ0n) is 13.6. The summed E-state index contributed by atoms with van der Waals surface area (Å²) >= 11 is 1.62. The molecule has 0 spiro atoms. The maximum absolute atomic E-state index is 12.9. The third kappa shape index (κ3) is 4.95. The molecule has 0 saturated carbocycles. The number of nitrogens with one attached hydrogen (secondary N) is 2. The van der Waals surface area contributed by atoms with Gasteiger partial charge in [-0.25, -0.2) is 4.98 Å². The molecule has 2 N–H and O–H groups in total. The number of alkyl halides is 3. The van der Waals surface area contributed by atoms with E-state index in [2.05, 4.69) is 25.7 Å². The molecule has 2 aromatic heterocycles. The van der Waals surface area contributed by atoms with Crippen molar-refractivity contribution in [1.29, 1.82) is 0 Å². The van der Waals surface area contributed by atoms with Crippen molar-refractivity contribution in [3.05, 3.63) is 33.5 Å². The molecule has 2 aromatic rings. The van der Waals surface area contributed by atoms with Gasteiger partial charge in [0.05, 0.1) is 5.01 Å². The van der Waals surface area contributed by atoms with Gasteiger partial charge in [0.25, 0.3) is 0 Å². The van der Waals surface area contributed by atoms with Crippen molar-refractivity contribution in [2.45, 2.75) is 26.1 Å². The number of aliphatic imine (C=N–C) groups is 1. The van der Waals surface area contributed by atoms with Crippen molar-refractivity contribution in [2.24, 2.45) is 12.0 Å². The van der Waals surface area contributed by atoms with Gasteiger partial charge in [-0.2, -0.15) is 18.3 Å². The third-order valence-corrected chi connectivity index (χ3v) is 4.12. The molecule has 10 heteroatoms. The summed E-state index contributed by atoms with van der Waals surface area (Å²) in [5, 5.41) is 10.4. The number of thiazole rings is 1. The molecule has 6 nitrogen and oxygen atoms in total. The average molecular weight is 360 g/mol. The van der Waals surface area contributed by atoms with Crippen molar-refractivity contribution in [1.82, 2.24) is 25.4 Å². The number of hydrogen-bond donors (Lipinski definition) is 2. The summed E-state index contributed by atoms with van der Waals surface area (Å²) in [7, 11) is 3.03. The lowest BCUT2D eigenvalue weighted by atomic mass is 10.2. The lowest BCUT2D eigenvalue weighted by Crippen LogP contribution is -2.38. The van der Waals surface area contributed by atoms with Gasteiger partial charge in [-0.15, -0.1) is 11.3 Å². The second kappa shape index (κ2) is 7.65. The van der Waals surface area contributed by atoms with Crippen molar-refractivity contribution in [2.75, 3.05) is 13.6 Å². The quantitative estimate of drug-likeness (QED) is 0.633. The number of rotatable bonds is 5. The molecule has 0 amide bonds. The second-order valence-electron chi connectivity index (χ2n) is 5.14. The Bertz CT molecular complexity index is 704. The van der Waals surface area contributed by atoms with E-state index in [0.717, 1.165) is 21.0 Å². The predicted octanol–water partition coefficient (Wildman–Crippen LogP) is 2.11. The highest BCUT2D eigenvalue weighted by Crippen LogP contribution is 2.30. The molecule has 0 bridgehead atoms. The Hall–Kier alpha value is -2.10.